The number of para-hydroxylation sites is 1. The van der Waals surface area contributed by atoms with E-state index in [0.29, 0.717) is 17.4 Å². The summed E-state index contributed by atoms with van der Waals surface area (Å²) >= 11 is 0. The Balaban J connectivity index is 1.30. The molecule has 5 rings (SSSR count). The van der Waals surface area contributed by atoms with Crippen molar-refractivity contribution in [3.63, 3.8) is 0 Å². The molecule has 4 heterocycles. The number of hydrogen-bond acceptors (Lipinski definition) is 9. The van der Waals surface area contributed by atoms with E-state index in [1.165, 1.54) is 15.9 Å². The van der Waals surface area contributed by atoms with E-state index >= 15 is 0 Å². The van der Waals surface area contributed by atoms with Gasteiger partial charge in [0.05, 0.1) is 18.2 Å². The molecule has 2 fully saturated rings. The van der Waals surface area contributed by atoms with E-state index in [1.807, 2.05) is 12.1 Å². The molecule has 2 N–H and O–H groups in total. The van der Waals surface area contributed by atoms with Crippen LogP contribution in [0.2, 0.25) is 0 Å². The van der Waals surface area contributed by atoms with Crippen LogP contribution in [0.4, 0.5) is 4.79 Å². The van der Waals surface area contributed by atoms with Crippen LogP contribution >= 0.6 is 0 Å². The Morgan fingerprint density at radius 1 is 1.02 bits per heavy atom. The molecule has 2 aliphatic rings. The van der Waals surface area contributed by atoms with Gasteiger partial charge in [-0.25, -0.2) is 9.78 Å². The Hall–Kier alpha value is -5.27. The van der Waals surface area contributed by atoms with Gasteiger partial charge in [0.15, 0.2) is 6.61 Å². The third-order valence-electron chi connectivity index (χ3n) is 8.27. The number of likely N-dealkylation sites (tertiary alicyclic amines) is 1. The van der Waals surface area contributed by atoms with Crippen molar-refractivity contribution in [3.8, 4) is 5.75 Å². The molecule has 1 aromatic carbocycles. The Kier molecular flexibility index (Phi) is 10.8. The molecule has 248 valence electrons. The van der Waals surface area contributed by atoms with Crippen molar-refractivity contribution in [2.75, 3.05) is 45.9 Å². The average Bonchev–Trinajstić information content (AvgIpc) is 3.59. The highest BCUT2D eigenvalue weighted by atomic mass is 16.6. The number of carbonyl (C=O) groups is 5. The van der Waals surface area contributed by atoms with Gasteiger partial charge in [0.2, 0.25) is 5.91 Å². The number of carboxylic acids is 1. The van der Waals surface area contributed by atoms with Crippen molar-refractivity contribution in [2.45, 2.75) is 44.7 Å². The zero-order valence-electron chi connectivity index (χ0n) is 26.2. The molecule has 2 unspecified atom stereocenters. The highest BCUT2D eigenvalue weighted by Crippen LogP contribution is 2.32. The SMILES string of the molecule is CCOC(=O)N1CCN(C(=O)C(CCC(=O)O)NC(=O)c2cc(OCC(=O)N3CCCC3c3cccnc3)c3ccccc3n2)CC1. The number of piperazine rings is 1. The molecule has 0 spiro atoms. The maximum Gasteiger partial charge on any atom is 0.409 e. The van der Waals surface area contributed by atoms with Crippen molar-refractivity contribution in [1.82, 2.24) is 30.0 Å². The number of ether oxygens (including phenoxy) is 2. The number of nitrogens with zero attached hydrogens (tertiary/aromatic N) is 5. The summed E-state index contributed by atoms with van der Waals surface area (Å²) in [6.07, 6.45) is 4.17. The van der Waals surface area contributed by atoms with Gasteiger partial charge in [0, 0.05) is 63.0 Å². The van der Waals surface area contributed by atoms with E-state index in [0.717, 1.165) is 18.4 Å². The lowest BCUT2D eigenvalue weighted by atomic mass is 10.1. The van der Waals surface area contributed by atoms with Crippen LogP contribution in [0.15, 0.2) is 54.9 Å². The zero-order valence-corrected chi connectivity index (χ0v) is 26.2. The number of hydrogen-bond donors (Lipinski definition) is 2. The number of rotatable bonds is 11. The summed E-state index contributed by atoms with van der Waals surface area (Å²) in [7, 11) is 0. The monoisotopic (exact) mass is 646 g/mol. The van der Waals surface area contributed by atoms with Crippen LogP contribution in [-0.2, 0) is 19.1 Å². The predicted octanol–water partition coefficient (Wildman–Crippen LogP) is 2.64. The number of benzene rings is 1. The van der Waals surface area contributed by atoms with E-state index in [4.69, 9.17) is 9.47 Å². The molecular weight excluding hydrogens is 608 g/mol. The number of carboxylic acid groups (broad SMARTS) is 1. The summed E-state index contributed by atoms with van der Waals surface area (Å²) < 4.78 is 11.1. The average molecular weight is 647 g/mol. The van der Waals surface area contributed by atoms with E-state index in [2.05, 4.69) is 15.3 Å². The molecule has 14 heteroatoms. The van der Waals surface area contributed by atoms with Gasteiger partial charge in [-0.15, -0.1) is 0 Å². The second-order valence-electron chi connectivity index (χ2n) is 11.3. The van der Waals surface area contributed by atoms with Gasteiger partial charge in [0.25, 0.3) is 11.8 Å². The van der Waals surface area contributed by atoms with Crippen LogP contribution in [0.25, 0.3) is 10.9 Å². The number of fused-ring (bicyclic) bond motifs is 1. The fourth-order valence-corrected chi connectivity index (χ4v) is 5.89. The Morgan fingerprint density at radius 3 is 2.51 bits per heavy atom. The molecule has 2 atom stereocenters. The summed E-state index contributed by atoms with van der Waals surface area (Å²) in [5.41, 5.74) is 1.35. The largest absolute Gasteiger partial charge is 0.483 e. The van der Waals surface area contributed by atoms with Gasteiger partial charge in [-0.05, 0) is 49.9 Å². The minimum atomic E-state index is -1.15. The lowest BCUT2D eigenvalue weighted by Crippen LogP contribution is -2.56. The van der Waals surface area contributed by atoms with Gasteiger partial charge in [0.1, 0.15) is 17.5 Å². The summed E-state index contributed by atoms with van der Waals surface area (Å²) in [5.74, 6) is -2.20. The summed E-state index contributed by atoms with van der Waals surface area (Å²) in [6, 6.07) is 11.0. The first-order valence-corrected chi connectivity index (χ1v) is 15.7. The first kappa shape index (κ1) is 33.1. The van der Waals surface area contributed by atoms with Crippen molar-refractivity contribution < 1.29 is 38.6 Å². The second kappa shape index (κ2) is 15.3. The van der Waals surface area contributed by atoms with Crippen LogP contribution in [0.1, 0.15) is 54.7 Å². The normalized spacial score (nSPS) is 16.9. The molecule has 2 aliphatic heterocycles. The van der Waals surface area contributed by atoms with Crippen molar-refractivity contribution in [2.24, 2.45) is 0 Å². The number of amides is 4. The first-order valence-electron chi connectivity index (χ1n) is 15.7. The Labute approximate surface area is 271 Å². The lowest BCUT2D eigenvalue weighted by molar-refractivity contribution is -0.138. The van der Waals surface area contributed by atoms with Crippen molar-refractivity contribution in [3.05, 3.63) is 66.1 Å². The smallest absolute Gasteiger partial charge is 0.409 e. The van der Waals surface area contributed by atoms with Gasteiger partial charge in [-0.2, -0.15) is 0 Å². The third kappa shape index (κ3) is 8.12. The maximum absolute atomic E-state index is 13.5. The number of pyridine rings is 2. The van der Waals surface area contributed by atoms with Gasteiger partial charge < -0.3 is 34.6 Å². The molecule has 2 aromatic heterocycles. The number of nitrogens with one attached hydrogen (secondary N) is 1. The van der Waals surface area contributed by atoms with Crippen molar-refractivity contribution >= 4 is 40.7 Å². The Morgan fingerprint density at radius 2 is 1.79 bits per heavy atom. The highest BCUT2D eigenvalue weighted by molar-refractivity contribution is 5.99. The molecule has 0 radical (unpaired) electrons. The number of aliphatic carboxylic acids is 1. The number of carbonyl (C=O) groups excluding carboxylic acids is 4. The standard InChI is InChI=1S/C33H38N6O8/c1-2-46-33(45)38-17-15-37(16-18-38)32(44)25(11-12-30(41)42)36-31(43)26-19-28(23-8-3-4-9-24(23)35-26)47-21-29(40)39-14-6-10-27(39)22-7-5-13-34-20-22/h3-5,7-9,13,19-20,25,27H,2,6,10-12,14-18,21H2,1H3,(H,36,43)(H,41,42). The molecule has 47 heavy (non-hydrogen) atoms. The van der Waals surface area contributed by atoms with Crippen molar-refractivity contribution in [1.29, 1.82) is 0 Å². The van der Waals surface area contributed by atoms with Crippen LogP contribution in [-0.4, -0.2) is 112 Å². The minimum Gasteiger partial charge on any atom is -0.483 e. The molecule has 4 amide bonds. The number of aromatic nitrogens is 2. The van der Waals surface area contributed by atoms with Gasteiger partial charge in [-0.3, -0.25) is 24.2 Å². The van der Waals surface area contributed by atoms with Gasteiger partial charge in [-0.1, -0.05) is 18.2 Å². The van der Waals surface area contributed by atoms with Crippen LogP contribution in [0.3, 0.4) is 0 Å². The van der Waals surface area contributed by atoms with Crippen LogP contribution in [0, 0.1) is 0 Å². The first-order chi connectivity index (χ1) is 22.7. The van der Waals surface area contributed by atoms with E-state index in [9.17, 15) is 29.1 Å². The van der Waals surface area contributed by atoms with E-state index < -0.39 is 29.9 Å². The quantitative estimate of drug-likeness (QED) is 0.316. The second-order valence-corrected chi connectivity index (χ2v) is 11.3. The fraction of sp³-hybridized carbons (Fsp3) is 0.424. The van der Waals surface area contributed by atoms with E-state index in [1.54, 1.807) is 48.5 Å². The summed E-state index contributed by atoms with van der Waals surface area (Å²) in [5, 5.41) is 12.6. The zero-order chi connectivity index (χ0) is 33.3. The third-order valence-corrected chi connectivity index (χ3v) is 8.27. The molecular formula is C33H38N6O8. The molecule has 0 aliphatic carbocycles. The maximum atomic E-state index is 13.5. The predicted molar refractivity (Wildman–Crippen MR) is 168 cm³/mol. The van der Waals surface area contributed by atoms with Crippen LogP contribution < -0.4 is 10.1 Å². The molecule has 0 saturated carbocycles. The molecule has 14 nitrogen and oxygen atoms in total. The molecule has 3 aromatic rings. The Bertz CT molecular complexity index is 1610. The summed E-state index contributed by atoms with van der Waals surface area (Å²) in [4.78, 5) is 77.2. The molecule has 2 saturated heterocycles. The minimum absolute atomic E-state index is 0.0548. The van der Waals surface area contributed by atoms with E-state index in [-0.39, 0.29) is 75.6 Å². The van der Waals surface area contributed by atoms with Gasteiger partial charge >= 0.3 is 12.1 Å². The molecule has 0 bridgehead atoms. The highest BCUT2D eigenvalue weighted by Gasteiger charge is 2.32. The lowest BCUT2D eigenvalue weighted by Gasteiger charge is -2.35. The topological polar surface area (TPSA) is 172 Å². The summed E-state index contributed by atoms with van der Waals surface area (Å²) in [6.45, 7) is 3.18. The van der Waals surface area contributed by atoms with Crippen LogP contribution in [0.5, 0.6) is 5.75 Å². The fourth-order valence-electron chi connectivity index (χ4n) is 5.89.